The average molecular weight is 675 g/mol. The molecular weight excluding hydrogens is 621 g/mol. The lowest BCUT2D eigenvalue weighted by Gasteiger charge is -2.37. The molecule has 0 N–H and O–H groups in total. The summed E-state index contributed by atoms with van der Waals surface area (Å²) in [4.78, 5) is 3.51. The zero-order chi connectivity index (χ0) is 33.3. The van der Waals surface area contributed by atoms with Crippen molar-refractivity contribution in [1.82, 2.24) is 0 Å². The maximum absolute atomic E-state index is 4.23. The zero-order valence-electron chi connectivity index (χ0n) is 30.1. The average Bonchev–Trinajstić information content (AvgIpc) is 3.25. The number of benzene rings is 2. The molecule has 0 saturated heterocycles. The molecule has 2 aliphatic heterocycles. The summed E-state index contributed by atoms with van der Waals surface area (Å²) in [6.45, 7) is 30.1. The van der Waals surface area contributed by atoms with Gasteiger partial charge in [0.05, 0.1) is 24.2 Å². The van der Waals surface area contributed by atoms with Gasteiger partial charge in [0.1, 0.15) is 0 Å². The minimum absolute atomic E-state index is 1.06. The van der Waals surface area contributed by atoms with Crippen LogP contribution in [0.2, 0.25) is 76.6 Å². The van der Waals surface area contributed by atoms with E-state index in [0.29, 0.717) is 0 Å². The monoisotopic (exact) mass is 674 g/mol. The first-order chi connectivity index (χ1) is 21.1. The highest BCUT2D eigenvalue weighted by molar-refractivity contribution is 7.17. The molecule has 0 bridgehead atoms. The minimum Gasteiger partial charge on any atom is -0.120 e. The highest BCUT2D eigenvalue weighted by Gasteiger charge is 2.50. The smallest absolute Gasteiger partial charge is 0.120 e. The van der Waals surface area contributed by atoms with Crippen molar-refractivity contribution in [3.05, 3.63) is 97.8 Å². The van der Waals surface area contributed by atoms with E-state index in [9.17, 15) is 0 Å². The fourth-order valence-corrected chi connectivity index (χ4v) is 35.9. The highest BCUT2D eigenvalue weighted by Crippen LogP contribution is 2.48. The highest BCUT2D eigenvalue weighted by atomic mass is 28.4. The van der Waals surface area contributed by atoms with Crippen LogP contribution in [-0.4, -0.2) is 40.4 Å². The molecule has 0 fully saturated rings. The number of hydrogen-bond donors (Lipinski definition) is 0. The fraction of sp³-hybridized carbons (Fsp3) is 0.400. The summed E-state index contributed by atoms with van der Waals surface area (Å²) in [6, 6.07) is 26.0. The Bertz CT molecular complexity index is 1710. The Balaban J connectivity index is 2.32. The van der Waals surface area contributed by atoms with Crippen molar-refractivity contribution in [2.75, 3.05) is 0 Å². The van der Waals surface area contributed by atoms with Gasteiger partial charge in [-0.25, -0.2) is 0 Å². The Hall–Kier alpha value is -2.58. The topological polar surface area (TPSA) is 0 Å². The SMILES string of the molecule is CC[Si]1(CC)C#CC2=C([Si](C)(C)C)[Si](C)(C)C([Si](C)(C)C)=C2C#C[Si](CC)(CC)/C(c2ccccc2)=C\1C#Cc1ccccc1. The second-order valence-corrected chi connectivity index (χ2v) is 39.3. The molecule has 2 aromatic carbocycles. The molecule has 0 nitrogen and oxygen atoms in total. The maximum atomic E-state index is 4.23. The van der Waals surface area contributed by atoms with E-state index in [1.165, 1.54) is 27.1 Å². The summed E-state index contributed by atoms with van der Waals surface area (Å²) in [5, 5.41) is 2.85. The van der Waals surface area contributed by atoms with Crippen molar-refractivity contribution in [2.24, 2.45) is 0 Å². The molecule has 0 saturated carbocycles. The lowest BCUT2D eigenvalue weighted by atomic mass is 10.1. The molecule has 2 aliphatic rings. The summed E-state index contributed by atoms with van der Waals surface area (Å²) in [7, 11) is -9.99. The maximum Gasteiger partial charge on any atom is 0.178 e. The van der Waals surface area contributed by atoms with Crippen LogP contribution >= 0.6 is 0 Å². The molecule has 0 aromatic heterocycles. The second kappa shape index (κ2) is 13.3. The molecule has 0 atom stereocenters. The van der Waals surface area contributed by atoms with Crippen LogP contribution < -0.4 is 0 Å². The Morgan fingerprint density at radius 3 is 1.42 bits per heavy atom. The van der Waals surface area contributed by atoms with Crippen molar-refractivity contribution in [3.63, 3.8) is 0 Å². The molecule has 4 rings (SSSR count). The standard InChI is InChI=1S/C40H54Si5/c1-13-44(14-2)31-29-35-36(40(42(8,9)10)43(11,12)39(35)41(5,6)7)30-32-45(15-3,16-4)38(34-25-21-18-22-26-34)37(44)28-27-33-23-19-17-20-24-33/h17-26H,13-16H2,1-12H3/b38-37-. The van der Waals surface area contributed by atoms with Gasteiger partial charge in [0.25, 0.3) is 0 Å². The van der Waals surface area contributed by atoms with Gasteiger partial charge in [-0.2, -0.15) is 0 Å². The molecular formula is C40H54Si5. The van der Waals surface area contributed by atoms with Crippen LogP contribution in [0.4, 0.5) is 0 Å². The summed E-state index contributed by atoms with van der Waals surface area (Å²) in [6.07, 6.45) is 0. The van der Waals surface area contributed by atoms with E-state index >= 15 is 0 Å². The van der Waals surface area contributed by atoms with Gasteiger partial charge < -0.3 is 0 Å². The normalized spacial score (nSPS) is 20.3. The zero-order valence-corrected chi connectivity index (χ0v) is 35.1. The quantitative estimate of drug-likeness (QED) is 0.203. The third kappa shape index (κ3) is 6.65. The third-order valence-electron chi connectivity index (χ3n) is 10.1. The molecule has 0 aliphatic carbocycles. The number of fused-ring (bicyclic) bond motifs is 1. The van der Waals surface area contributed by atoms with Crippen LogP contribution in [0.25, 0.3) is 5.20 Å². The molecule has 0 unspecified atom stereocenters. The summed E-state index contributed by atoms with van der Waals surface area (Å²) in [5.74, 6) is 15.7. The van der Waals surface area contributed by atoms with Gasteiger partial charge >= 0.3 is 0 Å². The molecule has 2 heterocycles. The van der Waals surface area contributed by atoms with E-state index in [1.807, 2.05) is 0 Å². The van der Waals surface area contributed by atoms with Crippen LogP contribution in [0.15, 0.2) is 86.6 Å². The number of hydrogen-bond acceptors (Lipinski definition) is 0. The largest absolute Gasteiger partial charge is 0.178 e. The molecule has 45 heavy (non-hydrogen) atoms. The van der Waals surface area contributed by atoms with Gasteiger partial charge in [-0.05, 0) is 47.1 Å². The van der Waals surface area contributed by atoms with Crippen molar-refractivity contribution in [2.45, 2.75) is 104 Å². The van der Waals surface area contributed by atoms with Crippen molar-refractivity contribution < 1.29 is 0 Å². The predicted molar refractivity (Wildman–Crippen MR) is 214 cm³/mol. The van der Waals surface area contributed by atoms with Crippen LogP contribution in [0.1, 0.15) is 38.8 Å². The fourth-order valence-electron chi connectivity index (χ4n) is 8.27. The molecule has 234 valence electrons. The van der Waals surface area contributed by atoms with Gasteiger partial charge in [0, 0.05) is 21.9 Å². The van der Waals surface area contributed by atoms with Crippen LogP contribution in [-0.2, 0) is 0 Å². The molecule has 0 radical (unpaired) electrons. The third-order valence-corrected chi connectivity index (χ3v) is 34.0. The van der Waals surface area contributed by atoms with E-state index in [-0.39, 0.29) is 0 Å². The van der Waals surface area contributed by atoms with Gasteiger partial charge in [-0.15, -0.1) is 11.1 Å². The molecule has 0 spiro atoms. The van der Waals surface area contributed by atoms with Gasteiger partial charge in [0.15, 0.2) is 16.1 Å². The summed E-state index contributed by atoms with van der Waals surface area (Å²) >= 11 is 0. The Kier molecular flexibility index (Phi) is 10.4. The van der Waals surface area contributed by atoms with Crippen molar-refractivity contribution in [3.8, 4) is 34.8 Å². The molecule has 5 heteroatoms. The van der Waals surface area contributed by atoms with Crippen molar-refractivity contribution >= 4 is 45.6 Å². The van der Waals surface area contributed by atoms with Crippen LogP contribution in [0, 0.1) is 34.8 Å². The minimum atomic E-state index is -2.38. The Morgan fingerprint density at radius 1 is 0.578 bits per heavy atom. The van der Waals surface area contributed by atoms with E-state index < -0.39 is 40.4 Å². The molecule has 0 amide bonds. The second-order valence-electron chi connectivity index (χ2n) is 15.4. The van der Waals surface area contributed by atoms with Gasteiger partial charge in [-0.1, -0.05) is 162 Å². The number of allylic oxidation sites excluding steroid dienone is 3. The lowest BCUT2D eigenvalue weighted by Crippen LogP contribution is -2.48. The van der Waals surface area contributed by atoms with E-state index in [4.69, 9.17) is 0 Å². The Morgan fingerprint density at radius 2 is 1.00 bits per heavy atom. The first-order valence-electron chi connectivity index (χ1n) is 17.1. The van der Waals surface area contributed by atoms with Crippen molar-refractivity contribution in [1.29, 1.82) is 0 Å². The molecule has 2 aromatic rings. The van der Waals surface area contributed by atoms with Crippen LogP contribution in [0.5, 0.6) is 0 Å². The van der Waals surface area contributed by atoms with Gasteiger partial charge in [-0.3, -0.25) is 0 Å². The van der Waals surface area contributed by atoms with Crippen LogP contribution in [0.3, 0.4) is 0 Å². The lowest BCUT2D eigenvalue weighted by molar-refractivity contribution is 1.28. The van der Waals surface area contributed by atoms with E-state index in [0.717, 1.165) is 29.7 Å². The summed E-state index contributed by atoms with van der Waals surface area (Å²) in [5.41, 5.74) is 13.6. The predicted octanol–water partition coefficient (Wildman–Crippen LogP) is 10.8. The Labute approximate surface area is 281 Å². The first kappa shape index (κ1) is 35.3. The first-order valence-corrected chi connectivity index (χ1v) is 31.9. The van der Waals surface area contributed by atoms with E-state index in [2.05, 4.69) is 176 Å². The van der Waals surface area contributed by atoms with E-state index in [1.54, 1.807) is 9.64 Å². The van der Waals surface area contributed by atoms with Gasteiger partial charge in [0.2, 0.25) is 0 Å². The summed E-state index contributed by atoms with van der Waals surface area (Å²) < 4.78 is 0. The number of rotatable bonds is 7.